The van der Waals surface area contributed by atoms with Gasteiger partial charge in [0, 0.05) is 7.05 Å². The van der Waals surface area contributed by atoms with E-state index in [1.165, 1.54) is 4.90 Å². The number of likely N-dealkylation sites (N-methyl/N-ethyl adjacent to an activating group) is 1. The maximum atomic E-state index is 11.1. The first-order chi connectivity index (χ1) is 8.43. The topological polar surface area (TPSA) is 90.1 Å². The highest BCUT2D eigenvalue weighted by atomic mass is 16.4. The van der Waals surface area contributed by atoms with Gasteiger partial charge in [-0.1, -0.05) is 6.92 Å². The maximum absolute atomic E-state index is 11.1. The van der Waals surface area contributed by atoms with Crippen LogP contribution < -0.4 is 4.90 Å². The molecular formula is C12H16N4O2. The summed E-state index contributed by atoms with van der Waals surface area (Å²) in [6.07, 6.45) is 0.422. The summed E-state index contributed by atoms with van der Waals surface area (Å²) in [6, 6.07) is 1.35. The molecule has 6 heteroatoms. The molecule has 0 spiro atoms. The van der Waals surface area contributed by atoms with E-state index in [9.17, 15) is 10.1 Å². The lowest BCUT2D eigenvalue weighted by atomic mass is 10.1. The molecule has 96 valence electrons. The van der Waals surface area contributed by atoms with Crippen molar-refractivity contribution in [1.82, 2.24) is 10.2 Å². The summed E-state index contributed by atoms with van der Waals surface area (Å²) in [5.41, 5.74) is 1.78. The maximum Gasteiger partial charge on any atom is 0.326 e. The average molecular weight is 248 g/mol. The second-order valence-electron chi connectivity index (χ2n) is 4.09. The van der Waals surface area contributed by atoms with Crippen LogP contribution in [-0.4, -0.2) is 34.4 Å². The van der Waals surface area contributed by atoms with Crippen LogP contribution >= 0.6 is 0 Å². The molecule has 1 aromatic rings. The van der Waals surface area contributed by atoms with Crippen molar-refractivity contribution in [2.75, 3.05) is 11.9 Å². The minimum Gasteiger partial charge on any atom is -0.480 e. The number of aryl methyl sites for hydroxylation is 1. The van der Waals surface area contributed by atoms with E-state index in [1.807, 2.05) is 0 Å². The average Bonchev–Trinajstić information content (AvgIpc) is 2.32. The van der Waals surface area contributed by atoms with Crippen LogP contribution in [0.5, 0.6) is 0 Å². The lowest BCUT2D eigenvalue weighted by Crippen LogP contribution is -2.39. The minimum absolute atomic E-state index is 0.315. The largest absolute Gasteiger partial charge is 0.480 e. The third-order valence-electron chi connectivity index (χ3n) is 3.02. The van der Waals surface area contributed by atoms with Gasteiger partial charge in [0.2, 0.25) is 0 Å². The van der Waals surface area contributed by atoms with Gasteiger partial charge >= 0.3 is 5.97 Å². The van der Waals surface area contributed by atoms with Gasteiger partial charge in [-0.2, -0.15) is 10.4 Å². The normalized spacial score (nSPS) is 11.7. The first-order valence-corrected chi connectivity index (χ1v) is 5.63. The zero-order valence-electron chi connectivity index (χ0n) is 10.9. The number of carbonyl (C=O) groups is 1. The Morgan fingerprint density at radius 3 is 2.56 bits per heavy atom. The van der Waals surface area contributed by atoms with Crippen molar-refractivity contribution in [2.45, 2.75) is 33.2 Å². The third-order valence-corrected chi connectivity index (χ3v) is 3.02. The zero-order valence-corrected chi connectivity index (χ0v) is 10.9. The molecular weight excluding hydrogens is 232 g/mol. The zero-order chi connectivity index (χ0) is 13.9. The van der Waals surface area contributed by atoms with Crippen LogP contribution in [0.1, 0.15) is 30.2 Å². The molecule has 1 unspecified atom stereocenters. The smallest absolute Gasteiger partial charge is 0.326 e. The van der Waals surface area contributed by atoms with Crippen LogP contribution in [0.3, 0.4) is 0 Å². The number of aromatic nitrogens is 2. The minimum atomic E-state index is -0.941. The van der Waals surface area contributed by atoms with Crippen molar-refractivity contribution >= 4 is 11.8 Å². The van der Waals surface area contributed by atoms with Gasteiger partial charge in [0.25, 0.3) is 0 Å². The van der Waals surface area contributed by atoms with E-state index in [-0.39, 0.29) is 0 Å². The highest BCUT2D eigenvalue weighted by Crippen LogP contribution is 2.22. The number of hydrogen-bond acceptors (Lipinski definition) is 5. The molecule has 18 heavy (non-hydrogen) atoms. The van der Waals surface area contributed by atoms with Gasteiger partial charge in [0.15, 0.2) is 5.82 Å². The van der Waals surface area contributed by atoms with E-state index in [4.69, 9.17) is 5.11 Å². The molecule has 1 rings (SSSR count). The summed E-state index contributed by atoms with van der Waals surface area (Å²) in [5.74, 6) is -0.626. The Balaban J connectivity index is 3.30. The van der Waals surface area contributed by atoms with Gasteiger partial charge in [0.05, 0.1) is 5.69 Å². The van der Waals surface area contributed by atoms with Crippen molar-refractivity contribution in [1.29, 1.82) is 5.26 Å². The molecule has 1 N–H and O–H groups in total. The predicted octanol–water partition coefficient (Wildman–Crippen LogP) is 1.26. The van der Waals surface area contributed by atoms with E-state index in [1.54, 1.807) is 27.8 Å². The molecule has 0 bridgehead atoms. The molecule has 1 aromatic heterocycles. The van der Waals surface area contributed by atoms with Crippen LogP contribution in [0.4, 0.5) is 5.82 Å². The Morgan fingerprint density at radius 1 is 1.50 bits per heavy atom. The summed E-state index contributed by atoms with van der Waals surface area (Å²) in [5, 5.41) is 26.2. The number of nitriles is 1. The highest BCUT2D eigenvalue weighted by Gasteiger charge is 2.25. The number of hydrogen-bond donors (Lipinski definition) is 1. The van der Waals surface area contributed by atoms with Crippen LogP contribution in [0.15, 0.2) is 0 Å². The molecule has 0 amide bonds. The lowest BCUT2D eigenvalue weighted by Gasteiger charge is -2.25. The molecule has 0 aliphatic carbocycles. The van der Waals surface area contributed by atoms with Crippen molar-refractivity contribution in [3.8, 4) is 6.07 Å². The number of aliphatic carboxylic acids is 1. The fraction of sp³-hybridized carbons (Fsp3) is 0.500. The predicted molar refractivity (Wildman–Crippen MR) is 66.3 cm³/mol. The van der Waals surface area contributed by atoms with E-state index in [2.05, 4.69) is 16.3 Å². The molecule has 1 heterocycles. The fourth-order valence-electron chi connectivity index (χ4n) is 1.74. The monoisotopic (exact) mass is 248 g/mol. The Kier molecular flexibility index (Phi) is 4.21. The quantitative estimate of drug-likeness (QED) is 0.862. The summed E-state index contributed by atoms with van der Waals surface area (Å²) in [7, 11) is 1.61. The molecule has 0 aliphatic rings. The van der Waals surface area contributed by atoms with Crippen molar-refractivity contribution < 1.29 is 9.90 Å². The second-order valence-corrected chi connectivity index (χ2v) is 4.09. The standard InChI is InChI=1S/C12H16N4O2/c1-5-10(12(17)18)16(4)11-9(6-13)7(2)8(3)14-15-11/h10H,5H2,1-4H3,(H,17,18). The van der Waals surface area contributed by atoms with Gasteiger partial charge in [-0.15, -0.1) is 5.10 Å². The molecule has 0 saturated carbocycles. The highest BCUT2D eigenvalue weighted by molar-refractivity contribution is 5.78. The molecule has 1 atom stereocenters. The Morgan fingerprint density at radius 2 is 2.11 bits per heavy atom. The first kappa shape index (κ1) is 13.9. The Labute approximate surface area is 106 Å². The summed E-state index contributed by atoms with van der Waals surface area (Å²) < 4.78 is 0. The second kappa shape index (κ2) is 5.45. The van der Waals surface area contributed by atoms with Crippen LogP contribution in [0.2, 0.25) is 0 Å². The van der Waals surface area contributed by atoms with Gasteiger partial charge in [-0.25, -0.2) is 4.79 Å². The van der Waals surface area contributed by atoms with Crippen LogP contribution in [0.25, 0.3) is 0 Å². The summed E-state index contributed by atoms with van der Waals surface area (Å²) >= 11 is 0. The number of nitrogens with zero attached hydrogens (tertiary/aromatic N) is 4. The molecule has 0 fully saturated rings. The Hall–Kier alpha value is -2.16. The van der Waals surface area contributed by atoms with E-state index in [0.29, 0.717) is 23.5 Å². The number of carboxylic acid groups (broad SMARTS) is 1. The van der Waals surface area contributed by atoms with Gasteiger partial charge < -0.3 is 10.0 Å². The van der Waals surface area contributed by atoms with Crippen LogP contribution in [0, 0.1) is 25.2 Å². The molecule has 6 nitrogen and oxygen atoms in total. The molecule has 0 aliphatic heterocycles. The molecule has 0 radical (unpaired) electrons. The van der Waals surface area contributed by atoms with E-state index >= 15 is 0 Å². The van der Waals surface area contributed by atoms with Gasteiger partial charge in [-0.05, 0) is 25.8 Å². The first-order valence-electron chi connectivity index (χ1n) is 5.63. The number of anilines is 1. The molecule has 0 saturated heterocycles. The number of carboxylic acids is 1. The van der Waals surface area contributed by atoms with Gasteiger partial charge in [-0.3, -0.25) is 0 Å². The third kappa shape index (κ3) is 2.40. The van der Waals surface area contributed by atoms with Crippen molar-refractivity contribution in [3.63, 3.8) is 0 Å². The van der Waals surface area contributed by atoms with E-state index in [0.717, 1.165) is 5.56 Å². The van der Waals surface area contributed by atoms with Gasteiger partial charge in [0.1, 0.15) is 17.7 Å². The lowest BCUT2D eigenvalue weighted by molar-refractivity contribution is -0.138. The van der Waals surface area contributed by atoms with Crippen molar-refractivity contribution in [3.05, 3.63) is 16.8 Å². The SMILES string of the molecule is CCC(C(=O)O)N(C)c1nnc(C)c(C)c1C#N. The van der Waals surface area contributed by atoms with Crippen LogP contribution in [-0.2, 0) is 4.79 Å². The Bertz CT molecular complexity index is 508. The van der Waals surface area contributed by atoms with E-state index < -0.39 is 12.0 Å². The fourth-order valence-corrected chi connectivity index (χ4v) is 1.74. The summed E-state index contributed by atoms with van der Waals surface area (Å²) in [4.78, 5) is 12.6. The number of rotatable bonds is 4. The summed E-state index contributed by atoms with van der Waals surface area (Å²) in [6.45, 7) is 5.32. The van der Waals surface area contributed by atoms with Crippen molar-refractivity contribution in [2.24, 2.45) is 0 Å². The molecule has 0 aromatic carbocycles.